The van der Waals surface area contributed by atoms with Crippen LogP contribution in [0.2, 0.25) is 0 Å². The van der Waals surface area contributed by atoms with E-state index in [1.54, 1.807) is 14.2 Å². The molecule has 1 aliphatic rings. The Balaban J connectivity index is 1.92. The zero-order chi connectivity index (χ0) is 26.1. The third-order valence-electron chi connectivity index (χ3n) is 7.19. The summed E-state index contributed by atoms with van der Waals surface area (Å²) >= 11 is 0. The van der Waals surface area contributed by atoms with Gasteiger partial charge < -0.3 is 14.2 Å². The van der Waals surface area contributed by atoms with Crippen molar-refractivity contribution in [1.82, 2.24) is 4.90 Å². The Morgan fingerprint density at radius 3 is 1.69 bits per heavy atom. The molecule has 0 radical (unpaired) electrons. The number of ether oxygens (including phenoxy) is 3. The van der Waals surface area contributed by atoms with E-state index in [1.165, 1.54) is 5.56 Å². The molecule has 3 aromatic rings. The molecule has 1 heterocycles. The van der Waals surface area contributed by atoms with Crippen molar-refractivity contribution in [2.24, 2.45) is 0 Å². The third-order valence-corrected chi connectivity index (χ3v) is 7.19. The molecule has 36 heavy (non-hydrogen) atoms. The number of esters is 1. The van der Waals surface area contributed by atoms with Crippen LogP contribution in [0.5, 0.6) is 11.5 Å². The van der Waals surface area contributed by atoms with Crippen LogP contribution in [-0.2, 0) is 9.53 Å². The Hall–Kier alpha value is -3.31. The van der Waals surface area contributed by atoms with Crippen molar-refractivity contribution in [2.75, 3.05) is 20.8 Å². The fourth-order valence-electron chi connectivity index (χ4n) is 5.76. The maximum Gasteiger partial charge on any atom is 0.325 e. The number of nitrogens with zero attached hydrogens (tertiary/aromatic N) is 1. The highest BCUT2D eigenvalue weighted by molar-refractivity contribution is 5.81. The number of benzene rings is 3. The summed E-state index contributed by atoms with van der Waals surface area (Å²) in [5, 5.41) is 0. The molecule has 5 heteroatoms. The Morgan fingerprint density at radius 2 is 1.28 bits per heavy atom. The monoisotopic (exact) mass is 487 g/mol. The van der Waals surface area contributed by atoms with Gasteiger partial charge in [-0.25, -0.2) is 0 Å². The van der Waals surface area contributed by atoms with E-state index in [-0.39, 0.29) is 24.1 Å². The molecule has 190 valence electrons. The van der Waals surface area contributed by atoms with Crippen LogP contribution >= 0.6 is 0 Å². The second kappa shape index (κ2) is 10.4. The zero-order valence-corrected chi connectivity index (χ0v) is 22.6. The van der Waals surface area contributed by atoms with Crippen molar-refractivity contribution in [1.29, 1.82) is 0 Å². The summed E-state index contributed by atoms with van der Waals surface area (Å²) in [5.41, 5.74) is 8.86. The van der Waals surface area contributed by atoms with Gasteiger partial charge in [-0.1, -0.05) is 48.5 Å². The maximum absolute atomic E-state index is 13.2. The molecule has 0 bridgehead atoms. The van der Waals surface area contributed by atoms with Crippen molar-refractivity contribution >= 4 is 5.97 Å². The van der Waals surface area contributed by atoms with E-state index in [2.05, 4.69) is 75.9 Å². The smallest absolute Gasteiger partial charge is 0.325 e. The first-order valence-corrected chi connectivity index (χ1v) is 12.5. The maximum atomic E-state index is 13.2. The largest absolute Gasteiger partial charge is 0.496 e. The molecule has 5 nitrogen and oxygen atoms in total. The van der Waals surface area contributed by atoms with E-state index >= 15 is 0 Å². The quantitative estimate of drug-likeness (QED) is 0.275. The van der Waals surface area contributed by atoms with Crippen LogP contribution in [0.3, 0.4) is 0 Å². The summed E-state index contributed by atoms with van der Waals surface area (Å²) in [6, 6.07) is 16.5. The minimum absolute atomic E-state index is 0.0688. The molecular formula is C31H37NO4. The Labute approximate surface area is 215 Å². The SMILES string of the molecule is CCOC(=O)[C@@H]1[C@H](c2ccccc2C)N1C(c1cc(C)c(OC)c(C)c1)c1cc(C)c(OC)c(C)c1. The second-order valence-corrected chi connectivity index (χ2v) is 9.72. The number of hydrogen-bond acceptors (Lipinski definition) is 5. The van der Waals surface area contributed by atoms with Gasteiger partial charge in [-0.15, -0.1) is 0 Å². The summed E-state index contributed by atoms with van der Waals surface area (Å²) < 4.78 is 16.9. The molecule has 0 aliphatic carbocycles. The number of hydrogen-bond donors (Lipinski definition) is 0. The van der Waals surface area contributed by atoms with E-state index in [0.29, 0.717) is 6.61 Å². The first-order valence-electron chi connectivity index (χ1n) is 12.5. The topological polar surface area (TPSA) is 47.8 Å². The van der Waals surface area contributed by atoms with Crippen molar-refractivity contribution in [3.05, 3.63) is 93.0 Å². The molecule has 3 atom stereocenters. The van der Waals surface area contributed by atoms with Gasteiger partial charge in [0.25, 0.3) is 0 Å². The molecule has 1 aliphatic heterocycles. The molecule has 1 saturated heterocycles. The van der Waals surface area contributed by atoms with Gasteiger partial charge in [0.1, 0.15) is 17.5 Å². The molecule has 0 spiro atoms. The first-order chi connectivity index (χ1) is 17.2. The molecule has 0 amide bonds. The molecule has 0 N–H and O–H groups in total. The highest BCUT2D eigenvalue weighted by Crippen LogP contribution is 2.53. The van der Waals surface area contributed by atoms with Crippen LogP contribution in [0, 0.1) is 34.6 Å². The number of carbonyl (C=O) groups is 1. The molecule has 1 unspecified atom stereocenters. The number of aryl methyl sites for hydroxylation is 5. The van der Waals surface area contributed by atoms with Gasteiger partial charge in [-0.3, -0.25) is 9.69 Å². The van der Waals surface area contributed by atoms with Crippen molar-refractivity contribution in [2.45, 2.75) is 59.7 Å². The van der Waals surface area contributed by atoms with Crippen LogP contribution in [0.1, 0.15) is 63.5 Å². The van der Waals surface area contributed by atoms with Gasteiger partial charge in [0.2, 0.25) is 0 Å². The van der Waals surface area contributed by atoms with Gasteiger partial charge in [-0.2, -0.15) is 0 Å². The highest BCUT2D eigenvalue weighted by atomic mass is 16.5. The minimum atomic E-state index is -0.360. The van der Waals surface area contributed by atoms with Crippen LogP contribution < -0.4 is 9.47 Å². The Kier molecular flexibility index (Phi) is 7.41. The lowest BCUT2D eigenvalue weighted by atomic mass is 9.92. The normalized spacial score (nSPS) is 18.8. The van der Waals surface area contributed by atoms with Gasteiger partial charge in [-0.05, 0) is 86.1 Å². The minimum Gasteiger partial charge on any atom is -0.496 e. The summed E-state index contributed by atoms with van der Waals surface area (Å²) in [6.45, 7) is 12.6. The van der Waals surface area contributed by atoms with Crippen LogP contribution in [0.4, 0.5) is 0 Å². The Morgan fingerprint density at radius 1 is 0.806 bits per heavy atom. The summed E-state index contributed by atoms with van der Waals surface area (Å²) in [5.74, 6) is 1.60. The average Bonchev–Trinajstić information content (AvgIpc) is 3.54. The lowest BCUT2D eigenvalue weighted by Crippen LogP contribution is -2.21. The lowest BCUT2D eigenvalue weighted by molar-refractivity contribution is -0.143. The fraction of sp³-hybridized carbons (Fsp3) is 0.387. The van der Waals surface area contributed by atoms with Gasteiger partial charge >= 0.3 is 5.97 Å². The molecule has 0 saturated carbocycles. The van der Waals surface area contributed by atoms with Crippen LogP contribution in [-0.4, -0.2) is 37.7 Å². The molecule has 0 aromatic heterocycles. The number of carbonyl (C=O) groups excluding carboxylic acids is 1. The fourth-order valence-corrected chi connectivity index (χ4v) is 5.76. The zero-order valence-electron chi connectivity index (χ0n) is 22.6. The number of rotatable bonds is 8. The van der Waals surface area contributed by atoms with Crippen LogP contribution in [0.25, 0.3) is 0 Å². The third kappa shape index (κ3) is 4.60. The first kappa shape index (κ1) is 25.8. The number of methoxy groups -OCH3 is 2. The molecule has 4 rings (SSSR count). The van der Waals surface area contributed by atoms with E-state index in [4.69, 9.17) is 14.2 Å². The van der Waals surface area contributed by atoms with Crippen LogP contribution in [0.15, 0.2) is 48.5 Å². The predicted octanol–water partition coefficient (Wildman–Crippen LogP) is 6.32. The van der Waals surface area contributed by atoms with Gasteiger partial charge in [0.05, 0.1) is 32.9 Å². The predicted molar refractivity (Wildman–Crippen MR) is 143 cm³/mol. The summed E-state index contributed by atoms with van der Waals surface area (Å²) in [6.07, 6.45) is 0. The van der Waals surface area contributed by atoms with E-state index in [9.17, 15) is 4.79 Å². The van der Waals surface area contributed by atoms with Crippen molar-refractivity contribution < 1.29 is 19.0 Å². The highest BCUT2D eigenvalue weighted by Gasteiger charge is 2.58. The average molecular weight is 488 g/mol. The standard InChI is InChI=1S/C31H37NO4/c1-9-36-31(33)28-27(25-13-11-10-12-18(25)2)32(28)26(23-14-19(3)29(34-7)20(4)15-23)24-16-21(5)30(35-8)22(6)17-24/h10-17,26-28H,9H2,1-8H3/t27-,28-,32?/m0/s1. The van der Waals surface area contributed by atoms with E-state index in [0.717, 1.165) is 50.4 Å². The Bertz CT molecular complexity index is 1180. The lowest BCUT2D eigenvalue weighted by Gasteiger charge is -2.25. The summed E-state index contributed by atoms with van der Waals surface area (Å²) in [4.78, 5) is 15.5. The summed E-state index contributed by atoms with van der Waals surface area (Å²) in [7, 11) is 3.41. The van der Waals surface area contributed by atoms with E-state index in [1.807, 2.05) is 19.1 Å². The molecular weight excluding hydrogens is 450 g/mol. The van der Waals surface area contributed by atoms with Crippen molar-refractivity contribution in [3.8, 4) is 11.5 Å². The van der Waals surface area contributed by atoms with Gasteiger partial charge in [0, 0.05) is 0 Å². The molecule has 3 aromatic carbocycles. The van der Waals surface area contributed by atoms with Gasteiger partial charge in [0.15, 0.2) is 0 Å². The van der Waals surface area contributed by atoms with Crippen molar-refractivity contribution in [3.63, 3.8) is 0 Å². The van der Waals surface area contributed by atoms with E-state index < -0.39 is 0 Å². The second-order valence-electron chi connectivity index (χ2n) is 9.72. The molecule has 1 fully saturated rings.